The lowest BCUT2D eigenvalue weighted by molar-refractivity contribution is -0.149. The number of alkyl halides is 3. The molecule has 138 valence electrons. The van der Waals surface area contributed by atoms with Crippen LogP contribution in [0.3, 0.4) is 0 Å². The van der Waals surface area contributed by atoms with Crippen LogP contribution in [0.4, 0.5) is 13.2 Å². The molecule has 0 N–H and O–H groups in total. The third kappa shape index (κ3) is 5.47. The summed E-state index contributed by atoms with van der Waals surface area (Å²) in [5.41, 5.74) is 1.62. The minimum absolute atomic E-state index is 0.0814. The first-order chi connectivity index (χ1) is 11.8. The third-order valence-corrected chi connectivity index (χ3v) is 4.39. The Morgan fingerprint density at radius 3 is 2.36 bits per heavy atom. The molecule has 2 amide bonds. The SMILES string of the molecule is CCc1ccccc1C(=O)N1CCCN(C(=O)CCC(F)(F)F)CC1. The zero-order valence-electron chi connectivity index (χ0n) is 14.3. The summed E-state index contributed by atoms with van der Waals surface area (Å²) in [5, 5.41) is 0. The summed E-state index contributed by atoms with van der Waals surface area (Å²) >= 11 is 0. The van der Waals surface area contributed by atoms with Gasteiger partial charge in [0, 0.05) is 38.2 Å². The number of carbonyl (C=O) groups is 2. The molecule has 0 spiro atoms. The molecular weight excluding hydrogens is 333 g/mol. The van der Waals surface area contributed by atoms with Crippen LogP contribution >= 0.6 is 0 Å². The van der Waals surface area contributed by atoms with Gasteiger partial charge in [0.2, 0.25) is 5.91 Å². The molecule has 4 nitrogen and oxygen atoms in total. The molecule has 1 fully saturated rings. The number of amides is 2. The molecule has 1 aromatic rings. The summed E-state index contributed by atoms with van der Waals surface area (Å²) in [4.78, 5) is 27.8. The fourth-order valence-corrected chi connectivity index (χ4v) is 2.98. The van der Waals surface area contributed by atoms with Gasteiger partial charge in [-0.2, -0.15) is 13.2 Å². The van der Waals surface area contributed by atoms with Crippen molar-refractivity contribution in [2.24, 2.45) is 0 Å². The van der Waals surface area contributed by atoms with E-state index < -0.39 is 24.9 Å². The minimum Gasteiger partial charge on any atom is -0.341 e. The van der Waals surface area contributed by atoms with Gasteiger partial charge in [-0.05, 0) is 24.5 Å². The van der Waals surface area contributed by atoms with Crippen molar-refractivity contribution in [1.29, 1.82) is 0 Å². The molecule has 1 heterocycles. The second-order valence-corrected chi connectivity index (χ2v) is 6.15. The van der Waals surface area contributed by atoms with Gasteiger partial charge in [-0.15, -0.1) is 0 Å². The molecule has 0 unspecified atom stereocenters. The monoisotopic (exact) mass is 356 g/mol. The van der Waals surface area contributed by atoms with Crippen LogP contribution in [0.25, 0.3) is 0 Å². The van der Waals surface area contributed by atoms with Crippen LogP contribution in [0.2, 0.25) is 0 Å². The molecule has 7 heteroatoms. The van der Waals surface area contributed by atoms with Crippen LogP contribution in [0, 0.1) is 0 Å². The van der Waals surface area contributed by atoms with Crippen molar-refractivity contribution in [3.8, 4) is 0 Å². The van der Waals surface area contributed by atoms with Crippen LogP contribution in [0.15, 0.2) is 24.3 Å². The average molecular weight is 356 g/mol. The quantitative estimate of drug-likeness (QED) is 0.831. The first-order valence-electron chi connectivity index (χ1n) is 8.53. The van der Waals surface area contributed by atoms with Crippen molar-refractivity contribution in [2.75, 3.05) is 26.2 Å². The standard InChI is InChI=1S/C18H23F3N2O2/c1-2-14-6-3-4-7-15(14)17(25)23-11-5-10-22(12-13-23)16(24)8-9-18(19,20)21/h3-4,6-7H,2,5,8-13H2,1H3. The number of rotatable bonds is 4. The fraction of sp³-hybridized carbons (Fsp3) is 0.556. The maximum atomic E-state index is 12.7. The average Bonchev–Trinajstić information content (AvgIpc) is 2.84. The summed E-state index contributed by atoms with van der Waals surface area (Å²) in [6, 6.07) is 7.41. The lowest BCUT2D eigenvalue weighted by Crippen LogP contribution is -2.37. The van der Waals surface area contributed by atoms with E-state index in [-0.39, 0.29) is 12.5 Å². The predicted octanol–water partition coefficient (Wildman–Crippen LogP) is 3.27. The summed E-state index contributed by atoms with van der Waals surface area (Å²) in [6.07, 6.45) is -4.64. The fourth-order valence-electron chi connectivity index (χ4n) is 2.98. The van der Waals surface area contributed by atoms with Gasteiger partial charge in [-0.3, -0.25) is 9.59 Å². The molecule has 0 aliphatic carbocycles. The normalized spacial score (nSPS) is 15.8. The van der Waals surface area contributed by atoms with Gasteiger partial charge in [-0.25, -0.2) is 0 Å². The van der Waals surface area contributed by atoms with Crippen molar-refractivity contribution >= 4 is 11.8 Å². The second kappa shape index (κ2) is 8.36. The van der Waals surface area contributed by atoms with Gasteiger partial charge in [-0.1, -0.05) is 25.1 Å². The Bertz CT molecular complexity index is 617. The second-order valence-electron chi connectivity index (χ2n) is 6.15. The number of aryl methyl sites for hydroxylation is 1. The van der Waals surface area contributed by atoms with Crippen LogP contribution in [-0.2, 0) is 11.2 Å². The zero-order chi connectivity index (χ0) is 18.4. The third-order valence-electron chi connectivity index (χ3n) is 4.39. The van der Waals surface area contributed by atoms with E-state index in [0.29, 0.717) is 31.6 Å². The van der Waals surface area contributed by atoms with E-state index in [4.69, 9.17) is 0 Å². The number of carbonyl (C=O) groups excluding carboxylic acids is 2. The lowest BCUT2D eigenvalue weighted by atomic mass is 10.0. The number of halogens is 3. The molecule has 1 aromatic carbocycles. The molecule has 1 aliphatic rings. The van der Waals surface area contributed by atoms with E-state index in [0.717, 1.165) is 12.0 Å². The van der Waals surface area contributed by atoms with Crippen LogP contribution in [0.5, 0.6) is 0 Å². The number of hydrogen-bond acceptors (Lipinski definition) is 2. The number of benzene rings is 1. The van der Waals surface area contributed by atoms with Gasteiger partial charge in [0.05, 0.1) is 6.42 Å². The van der Waals surface area contributed by atoms with E-state index in [2.05, 4.69) is 0 Å². The largest absolute Gasteiger partial charge is 0.389 e. The Morgan fingerprint density at radius 2 is 1.68 bits per heavy atom. The summed E-state index contributed by atoms with van der Waals surface area (Å²) in [7, 11) is 0. The van der Waals surface area contributed by atoms with Crippen molar-refractivity contribution in [3.63, 3.8) is 0 Å². The first kappa shape index (κ1) is 19.3. The first-order valence-corrected chi connectivity index (χ1v) is 8.53. The van der Waals surface area contributed by atoms with Crippen molar-refractivity contribution < 1.29 is 22.8 Å². The van der Waals surface area contributed by atoms with Crippen LogP contribution in [0.1, 0.15) is 42.1 Å². The molecule has 25 heavy (non-hydrogen) atoms. The molecule has 0 bridgehead atoms. The van der Waals surface area contributed by atoms with Crippen molar-refractivity contribution in [1.82, 2.24) is 9.80 Å². The Balaban J connectivity index is 1.97. The zero-order valence-corrected chi connectivity index (χ0v) is 14.3. The van der Waals surface area contributed by atoms with Crippen molar-refractivity contribution in [3.05, 3.63) is 35.4 Å². The highest BCUT2D eigenvalue weighted by Crippen LogP contribution is 2.22. The molecular formula is C18H23F3N2O2. The summed E-state index contributed by atoms with van der Waals surface area (Å²) in [5.74, 6) is -0.581. The van der Waals surface area contributed by atoms with E-state index in [1.54, 1.807) is 11.0 Å². The number of nitrogens with zero attached hydrogens (tertiary/aromatic N) is 2. The molecule has 1 aliphatic heterocycles. The molecule has 2 rings (SSSR count). The van der Waals surface area contributed by atoms with E-state index in [1.807, 2.05) is 25.1 Å². The maximum absolute atomic E-state index is 12.7. The van der Waals surface area contributed by atoms with Gasteiger partial charge in [0.1, 0.15) is 0 Å². The van der Waals surface area contributed by atoms with Crippen LogP contribution in [-0.4, -0.2) is 54.0 Å². The molecule has 0 saturated carbocycles. The molecule has 0 radical (unpaired) electrons. The van der Waals surface area contributed by atoms with E-state index in [9.17, 15) is 22.8 Å². The highest BCUT2D eigenvalue weighted by Gasteiger charge is 2.30. The molecule has 1 saturated heterocycles. The van der Waals surface area contributed by atoms with Gasteiger partial charge in [0.15, 0.2) is 0 Å². The smallest absolute Gasteiger partial charge is 0.341 e. The number of hydrogen-bond donors (Lipinski definition) is 0. The maximum Gasteiger partial charge on any atom is 0.389 e. The van der Waals surface area contributed by atoms with Crippen LogP contribution < -0.4 is 0 Å². The highest BCUT2D eigenvalue weighted by molar-refractivity contribution is 5.95. The van der Waals surface area contributed by atoms with Gasteiger partial charge < -0.3 is 9.80 Å². The summed E-state index contributed by atoms with van der Waals surface area (Å²) < 4.78 is 36.8. The molecule has 0 atom stereocenters. The van der Waals surface area contributed by atoms with E-state index >= 15 is 0 Å². The van der Waals surface area contributed by atoms with Gasteiger partial charge >= 0.3 is 6.18 Å². The Kier molecular flexibility index (Phi) is 6.45. The Morgan fingerprint density at radius 1 is 1.04 bits per heavy atom. The minimum atomic E-state index is -4.33. The lowest BCUT2D eigenvalue weighted by Gasteiger charge is -2.23. The predicted molar refractivity (Wildman–Crippen MR) is 88.2 cm³/mol. The van der Waals surface area contributed by atoms with E-state index in [1.165, 1.54) is 4.90 Å². The highest BCUT2D eigenvalue weighted by atomic mass is 19.4. The Hall–Kier alpha value is -2.05. The van der Waals surface area contributed by atoms with Crippen molar-refractivity contribution in [2.45, 2.75) is 38.8 Å². The Labute approximate surface area is 145 Å². The topological polar surface area (TPSA) is 40.6 Å². The summed E-state index contributed by atoms with van der Waals surface area (Å²) in [6.45, 7) is 3.48. The molecule has 0 aromatic heterocycles. The van der Waals surface area contributed by atoms with Gasteiger partial charge in [0.25, 0.3) is 5.91 Å².